The highest BCUT2D eigenvalue weighted by Gasteiger charge is 2.28. The van der Waals surface area contributed by atoms with E-state index < -0.39 is 74.0 Å². The van der Waals surface area contributed by atoms with Crippen LogP contribution in [0.15, 0.2) is 30.3 Å². The fourth-order valence-electron chi connectivity index (χ4n) is 2.55. The van der Waals surface area contributed by atoms with Crippen molar-refractivity contribution in [3.8, 4) is 0 Å². The summed E-state index contributed by atoms with van der Waals surface area (Å²) in [7, 11) is 0. The molecule has 3 atom stereocenters. The molecule has 0 radical (unpaired) electrons. The SMILES string of the molecule is N[C@@H](CC(=O)O)C(=O)N[C@@H](CO)C(=O)N[C@@H](Cc1ccccc1)C(=O)NCC(=O)OCC=O. The van der Waals surface area contributed by atoms with Gasteiger partial charge in [0.25, 0.3) is 0 Å². The molecule has 1 rings (SSSR count). The second-order valence-corrected chi connectivity index (χ2v) is 6.77. The van der Waals surface area contributed by atoms with Crippen molar-refractivity contribution in [2.45, 2.75) is 31.0 Å². The number of esters is 1. The lowest BCUT2D eigenvalue weighted by molar-refractivity contribution is -0.145. The summed E-state index contributed by atoms with van der Waals surface area (Å²) in [5.41, 5.74) is 6.10. The maximum Gasteiger partial charge on any atom is 0.325 e. The van der Waals surface area contributed by atoms with Crippen molar-refractivity contribution in [1.29, 1.82) is 0 Å². The Hall–Kier alpha value is -3.84. The molecule has 0 unspecified atom stereocenters. The van der Waals surface area contributed by atoms with Crippen LogP contribution < -0.4 is 21.7 Å². The number of amides is 3. The van der Waals surface area contributed by atoms with E-state index in [2.05, 4.69) is 20.7 Å². The first-order chi connectivity index (χ1) is 15.7. The summed E-state index contributed by atoms with van der Waals surface area (Å²) in [6.07, 6.45) is -0.318. The number of rotatable bonds is 14. The van der Waals surface area contributed by atoms with Crippen LogP contribution in [0.2, 0.25) is 0 Å². The molecule has 7 N–H and O–H groups in total. The predicted octanol–water partition coefficient (Wildman–Crippen LogP) is -3.15. The van der Waals surface area contributed by atoms with Crippen LogP contribution in [0.5, 0.6) is 0 Å². The molecule has 0 aromatic heterocycles. The van der Waals surface area contributed by atoms with Crippen LogP contribution in [-0.2, 0) is 39.9 Å². The fourth-order valence-corrected chi connectivity index (χ4v) is 2.55. The first kappa shape index (κ1) is 27.2. The molecule has 0 bridgehead atoms. The van der Waals surface area contributed by atoms with Crippen molar-refractivity contribution in [3.05, 3.63) is 35.9 Å². The zero-order valence-electron chi connectivity index (χ0n) is 17.6. The molecule has 0 aliphatic rings. The van der Waals surface area contributed by atoms with Crippen molar-refractivity contribution in [2.75, 3.05) is 19.8 Å². The maximum absolute atomic E-state index is 12.6. The van der Waals surface area contributed by atoms with Gasteiger partial charge in [0.2, 0.25) is 17.7 Å². The molecule has 1 aromatic carbocycles. The molecule has 0 fully saturated rings. The van der Waals surface area contributed by atoms with Crippen LogP contribution in [-0.4, -0.2) is 84.0 Å². The van der Waals surface area contributed by atoms with Crippen molar-refractivity contribution in [3.63, 3.8) is 0 Å². The average Bonchev–Trinajstić information content (AvgIpc) is 2.78. The zero-order valence-corrected chi connectivity index (χ0v) is 17.6. The number of carbonyl (C=O) groups is 6. The number of carboxylic acids is 1. The Morgan fingerprint density at radius 1 is 1.00 bits per heavy atom. The normalized spacial score (nSPS) is 13.0. The monoisotopic (exact) mass is 466 g/mol. The summed E-state index contributed by atoms with van der Waals surface area (Å²) in [5.74, 6) is -4.87. The van der Waals surface area contributed by atoms with Gasteiger partial charge in [-0.3, -0.25) is 28.8 Å². The summed E-state index contributed by atoms with van der Waals surface area (Å²) in [5, 5.41) is 25.0. The van der Waals surface area contributed by atoms with Gasteiger partial charge in [0, 0.05) is 6.42 Å². The molecule has 0 heterocycles. The maximum atomic E-state index is 12.6. The predicted molar refractivity (Wildman–Crippen MR) is 111 cm³/mol. The molecule has 3 amide bonds. The van der Waals surface area contributed by atoms with Crippen molar-refractivity contribution in [1.82, 2.24) is 16.0 Å². The van der Waals surface area contributed by atoms with E-state index in [1.165, 1.54) is 0 Å². The molecular formula is C20H26N4O9. The van der Waals surface area contributed by atoms with E-state index >= 15 is 0 Å². The Bertz CT molecular complexity index is 847. The number of aliphatic hydroxyl groups excluding tert-OH is 1. The Morgan fingerprint density at radius 2 is 1.64 bits per heavy atom. The van der Waals surface area contributed by atoms with Gasteiger partial charge in [0.15, 0.2) is 6.29 Å². The molecule has 0 spiro atoms. The first-order valence-electron chi connectivity index (χ1n) is 9.77. The number of nitrogens with one attached hydrogen (secondary N) is 3. The van der Waals surface area contributed by atoms with Crippen LogP contribution in [0.25, 0.3) is 0 Å². The summed E-state index contributed by atoms with van der Waals surface area (Å²) in [6, 6.07) is 4.39. The molecule has 0 saturated heterocycles. The lowest BCUT2D eigenvalue weighted by Crippen LogP contribution is -2.57. The second-order valence-electron chi connectivity index (χ2n) is 6.77. The average molecular weight is 466 g/mol. The van der Waals surface area contributed by atoms with E-state index in [0.29, 0.717) is 11.8 Å². The molecular weight excluding hydrogens is 440 g/mol. The highest BCUT2D eigenvalue weighted by Crippen LogP contribution is 2.04. The highest BCUT2D eigenvalue weighted by atomic mass is 16.5. The Labute approximate surface area is 188 Å². The van der Waals surface area contributed by atoms with Crippen LogP contribution in [0.4, 0.5) is 0 Å². The first-order valence-corrected chi connectivity index (χ1v) is 9.77. The number of ether oxygens (including phenoxy) is 1. The van der Waals surface area contributed by atoms with Gasteiger partial charge in [-0.25, -0.2) is 0 Å². The number of hydrogen-bond donors (Lipinski definition) is 6. The molecule has 13 nitrogen and oxygen atoms in total. The van der Waals surface area contributed by atoms with Gasteiger partial charge in [-0.15, -0.1) is 0 Å². The molecule has 0 aliphatic carbocycles. The van der Waals surface area contributed by atoms with Crippen LogP contribution in [0.3, 0.4) is 0 Å². The standard InChI is InChI=1S/C20H26N4O9/c21-13(9-16(27)28)18(30)24-15(11-26)20(32)23-14(8-12-4-2-1-3-5-12)19(31)22-10-17(29)33-7-6-25/h1-6,13-15,26H,7-11,21H2,(H,22,31)(H,23,32)(H,24,30)(H,27,28)/t13-,14-,15-/m0/s1. The summed E-state index contributed by atoms with van der Waals surface area (Å²) in [6.45, 7) is -1.88. The van der Waals surface area contributed by atoms with Crippen LogP contribution in [0, 0.1) is 0 Å². The lowest BCUT2D eigenvalue weighted by atomic mass is 10.0. The van der Waals surface area contributed by atoms with Crippen LogP contribution in [0.1, 0.15) is 12.0 Å². The van der Waals surface area contributed by atoms with Gasteiger partial charge in [0.05, 0.1) is 19.1 Å². The van der Waals surface area contributed by atoms with Crippen LogP contribution >= 0.6 is 0 Å². The summed E-state index contributed by atoms with van der Waals surface area (Å²) >= 11 is 0. The molecule has 0 saturated carbocycles. The molecule has 180 valence electrons. The van der Waals surface area contributed by atoms with E-state index in [1.807, 2.05) is 0 Å². The van der Waals surface area contributed by atoms with E-state index in [4.69, 9.17) is 10.8 Å². The van der Waals surface area contributed by atoms with Crippen molar-refractivity contribution >= 4 is 35.9 Å². The topological polar surface area (TPSA) is 214 Å². The number of aldehydes is 1. The van der Waals surface area contributed by atoms with Gasteiger partial charge >= 0.3 is 11.9 Å². The molecule has 1 aromatic rings. The zero-order chi connectivity index (χ0) is 24.8. The van der Waals surface area contributed by atoms with Gasteiger partial charge in [0.1, 0.15) is 25.2 Å². The Balaban J connectivity index is 2.86. The molecule has 33 heavy (non-hydrogen) atoms. The third kappa shape index (κ3) is 10.3. The molecule has 0 aliphatic heterocycles. The van der Waals surface area contributed by atoms with E-state index in [1.54, 1.807) is 30.3 Å². The minimum Gasteiger partial charge on any atom is -0.481 e. The third-order valence-electron chi connectivity index (χ3n) is 4.18. The third-order valence-corrected chi connectivity index (χ3v) is 4.18. The Morgan fingerprint density at radius 3 is 2.21 bits per heavy atom. The van der Waals surface area contributed by atoms with Gasteiger partial charge in [-0.05, 0) is 5.56 Å². The fraction of sp³-hybridized carbons (Fsp3) is 0.400. The van der Waals surface area contributed by atoms with Gasteiger partial charge in [-0.1, -0.05) is 30.3 Å². The number of carboxylic acid groups (broad SMARTS) is 1. The number of hydrogen-bond acceptors (Lipinski definition) is 9. The largest absolute Gasteiger partial charge is 0.481 e. The Kier molecular flexibility index (Phi) is 11.8. The van der Waals surface area contributed by atoms with E-state index in [-0.39, 0.29) is 6.42 Å². The second kappa shape index (κ2) is 14.3. The van der Waals surface area contributed by atoms with Gasteiger partial charge in [-0.2, -0.15) is 0 Å². The lowest BCUT2D eigenvalue weighted by Gasteiger charge is -2.23. The minimum absolute atomic E-state index is 0.00637. The molecule has 13 heteroatoms. The number of nitrogens with two attached hydrogens (primary N) is 1. The van der Waals surface area contributed by atoms with Crippen molar-refractivity contribution < 1.29 is 43.7 Å². The minimum atomic E-state index is -1.51. The van der Waals surface area contributed by atoms with Crippen molar-refractivity contribution in [2.24, 2.45) is 5.73 Å². The number of aliphatic hydroxyl groups is 1. The highest BCUT2D eigenvalue weighted by molar-refractivity contribution is 5.94. The quantitative estimate of drug-likeness (QED) is 0.120. The summed E-state index contributed by atoms with van der Waals surface area (Å²) in [4.78, 5) is 69.6. The number of aliphatic carboxylic acids is 1. The number of benzene rings is 1. The summed E-state index contributed by atoms with van der Waals surface area (Å²) < 4.78 is 4.53. The van der Waals surface area contributed by atoms with E-state index in [9.17, 15) is 33.9 Å². The van der Waals surface area contributed by atoms with E-state index in [0.717, 1.165) is 0 Å². The van der Waals surface area contributed by atoms with Gasteiger partial charge < -0.3 is 36.6 Å². The number of carbonyl (C=O) groups excluding carboxylic acids is 5. The smallest absolute Gasteiger partial charge is 0.325 e.